The van der Waals surface area contributed by atoms with Crippen molar-refractivity contribution in [3.63, 3.8) is 0 Å². The number of benzene rings is 1. The van der Waals surface area contributed by atoms with E-state index >= 15 is 0 Å². The zero-order chi connectivity index (χ0) is 16.7. The fourth-order valence-corrected chi connectivity index (χ4v) is 2.80. The van der Waals surface area contributed by atoms with Gasteiger partial charge in [-0.1, -0.05) is 23.7 Å². The molecule has 0 saturated heterocycles. The Labute approximate surface area is 143 Å². The molecule has 0 aliphatic carbocycles. The molecule has 0 fully saturated rings. The van der Waals surface area contributed by atoms with Gasteiger partial charge in [-0.25, -0.2) is 4.98 Å². The zero-order valence-electron chi connectivity index (χ0n) is 13.3. The minimum absolute atomic E-state index is 0.662. The fourth-order valence-electron chi connectivity index (χ4n) is 2.67. The van der Waals surface area contributed by atoms with Gasteiger partial charge in [0.1, 0.15) is 22.6 Å². The summed E-state index contributed by atoms with van der Waals surface area (Å²) in [6, 6.07) is 11.6. The Bertz CT molecular complexity index is 1020. The molecule has 0 spiro atoms. The van der Waals surface area contributed by atoms with Crippen LogP contribution in [0.5, 0.6) is 0 Å². The van der Waals surface area contributed by atoms with Crippen molar-refractivity contribution in [3.05, 3.63) is 58.5 Å². The quantitative estimate of drug-likeness (QED) is 0.620. The zero-order valence-corrected chi connectivity index (χ0v) is 14.0. The highest BCUT2D eigenvalue weighted by Crippen LogP contribution is 2.22. The summed E-state index contributed by atoms with van der Waals surface area (Å²) in [6.45, 7) is 4.55. The Hall–Kier alpha value is -2.73. The van der Waals surface area contributed by atoms with Crippen LogP contribution in [0.1, 0.15) is 17.1 Å². The van der Waals surface area contributed by atoms with Crippen molar-refractivity contribution < 1.29 is 0 Å². The van der Waals surface area contributed by atoms with E-state index in [1.54, 1.807) is 0 Å². The minimum atomic E-state index is 0.662. The van der Waals surface area contributed by atoms with Crippen LogP contribution in [0.25, 0.3) is 22.6 Å². The Kier molecular flexibility index (Phi) is 3.54. The summed E-state index contributed by atoms with van der Waals surface area (Å²) in [5.41, 5.74) is 4.54. The number of rotatable bonds is 3. The lowest BCUT2D eigenvalue weighted by molar-refractivity contribution is 0.766. The van der Waals surface area contributed by atoms with Gasteiger partial charge in [-0.2, -0.15) is 5.10 Å². The first-order chi connectivity index (χ1) is 11.6. The first kappa shape index (κ1) is 14.8. The first-order valence-electron chi connectivity index (χ1n) is 7.58. The highest BCUT2D eigenvalue weighted by atomic mass is 35.5. The Morgan fingerprint density at radius 3 is 2.62 bits per heavy atom. The van der Waals surface area contributed by atoms with Crippen molar-refractivity contribution in [2.24, 2.45) is 0 Å². The average Bonchev–Trinajstić information content (AvgIpc) is 3.13. The van der Waals surface area contributed by atoms with Crippen LogP contribution in [0.4, 0.5) is 0 Å². The number of nitrogens with one attached hydrogen (secondary N) is 1. The standard InChI is InChI=1S/C17H15ClN6/c1-10-16-14(22-20-10)7-8-15(19-16)17-23-21-11(2)24(17)9-12-3-5-13(18)6-4-12/h3-8H,9H2,1-2H3,(H,20,22). The van der Waals surface area contributed by atoms with Crippen LogP contribution < -0.4 is 0 Å². The molecule has 3 aromatic heterocycles. The van der Waals surface area contributed by atoms with E-state index in [0.717, 1.165) is 44.7 Å². The van der Waals surface area contributed by atoms with E-state index in [1.165, 1.54) is 0 Å². The number of aromatic nitrogens is 6. The molecule has 0 aliphatic rings. The van der Waals surface area contributed by atoms with Crippen LogP contribution in [0.3, 0.4) is 0 Å². The van der Waals surface area contributed by atoms with Crippen LogP contribution in [-0.4, -0.2) is 29.9 Å². The molecule has 24 heavy (non-hydrogen) atoms. The summed E-state index contributed by atoms with van der Waals surface area (Å²) in [6.07, 6.45) is 0. The molecule has 0 radical (unpaired) electrons. The summed E-state index contributed by atoms with van der Waals surface area (Å²) in [7, 11) is 0. The molecule has 0 bridgehead atoms. The number of fused-ring (bicyclic) bond motifs is 1. The largest absolute Gasteiger partial charge is 0.305 e. The number of hydrogen-bond acceptors (Lipinski definition) is 4. The van der Waals surface area contributed by atoms with Crippen molar-refractivity contribution in [1.82, 2.24) is 29.9 Å². The summed E-state index contributed by atoms with van der Waals surface area (Å²) in [5.74, 6) is 1.58. The van der Waals surface area contributed by atoms with Crippen molar-refractivity contribution >= 4 is 22.6 Å². The maximum absolute atomic E-state index is 5.96. The molecule has 0 atom stereocenters. The summed E-state index contributed by atoms with van der Waals surface area (Å²) < 4.78 is 2.05. The molecule has 4 aromatic rings. The van der Waals surface area contributed by atoms with E-state index in [9.17, 15) is 0 Å². The normalized spacial score (nSPS) is 11.3. The van der Waals surface area contributed by atoms with Gasteiger partial charge in [-0.15, -0.1) is 10.2 Å². The summed E-state index contributed by atoms with van der Waals surface area (Å²) in [5, 5.41) is 16.4. The molecule has 0 aliphatic heterocycles. The molecular weight excluding hydrogens is 324 g/mol. The van der Waals surface area contributed by atoms with Crippen LogP contribution in [0.15, 0.2) is 36.4 Å². The van der Waals surface area contributed by atoms with E-state index in [1.807, 2.05) is 54.8 Å². The van der Waals surface area contributed by atoms with Crippen LogP contribution >= 0.6 is 11.6 Å². The van der Waals surface area contributed by atoms with E-state index in [0.29, 0.717) is 6.54 Å². The second kappa shape index (κ2) is 5.72. The Morgan fingerprint density at radius 2 is 1.83 bits per heavy atom. The SMILES string of the molecule is Cc1[nH]nc2ccc(-c3nnc(C)n3Cc3ccc(Cl)cc3)nc12. The molecule has 0 saturated carbocycles. The molecule has 7 heteroatoms. The predicted octanol–water partition coefficient (Wildman–Crippen LogP) is 3.53. The topological polar surface area (TPSA) is 72.3 Å². The van der Waals surface area contributed by atoms with Crippen LogP contribution in [-0.2, 0) is 6.54 Å². The van der Waals surface area contributed by atoms with Crippen molar-refractivity contribution in [1.29, 1.82) is 0 Å². The van der Waals surface area contributed by atoms with E-state index in [2.05, 4.69) is 20.4 Å². The van der Waals surface area contributed by atoms with Gasteiger partial charge < -0.3 is 4.57 Å². The molecular formula is C17H15ClN6. The number of pyridine rings is 1. The average molecular weight is 339 g/mol. The molecule has 6 nitrogen and oxygen atoms in total. The summed E-state index contributed by atoms with van der Waals surface area (Å²) >= 11 is 5.96. The highest BCUT2D eigenvalue weighted by molar-refractivity contribution is 6.30. The molecule has 0 unspecified atom stereocenters. The summed E-state index contributed by atoms with van der Waals surface area (Å²) in [4.78, 5) is 4.70. The first-order valence-corrected chi connectivity index (χ1v) is 7.96. The van der Waals surface area contributed by atoms with Crippen molar-refractivity contribution in [3.8, 4) is 11.5 Å². The van der Waals surface area contributed by atoms with Gasteiger partial charge in [-0.3, -0.25) is 5.10 Å². The number of halogens is 1. The third-order valence-corrected chi connectivity index (χ3v) is 4.24. The Balaban J connectivity index is 1.77. The predicted molar refractivity (Wildman–Crippen MR) is 92.9 cm³/mol. The maximum Gasteiger partial charge on any atom is 0.182 e. The van der Waals surface area contributed by atoms with Gasteiger partial charge in [0, 0.05) is 5.02 Å². The van der Waals surface area contributed by atoms with Gasteiger partial charge in [0.25, 0.3) is 0 Å². The number of aryl methyl sites for hydroxylation is 2. The van der Waals surface area contributed by atoms with Crippen molar-refractivity contribution in [2.75, 3.05) is 0 Å². The van der Waals surface area contributed by atoms with Crippen molar-refractivity contribution in [2.45, 2.75) is 20.4 Å². The molecule has 0 amide bonds. The third kappa shape index (κ3) is 2.55. The van der Waals surface area contributed by atoms with Gasteiger partial charge in [0.15, 0.2) is 5.82 Å². The molecule has 120 valence electrons. The van der Waals surface area contributed by atoms with E-state index in [4.69, 9.17) is 16.6 Å². The number of H-pyrrole nitrogens is 1. The second-order valence-corrected chi connectivity index (χ2v) is 6.13. The van der Waals surface area contributed by atoms with E-state index in [-0.39, 0.29) is 0 Å². The van der Waals surface area contributed by atoms with Crippen LogP contribution in [0, 0.1) is 13.8 Å². The third-order valence-electron chi connectivity index (χ3n) is 3.99. The molecule has 1 aromatic carbocycles. The lowest BCUT2D eigenvalue weighted by Crippen LogP contribution is -2.05. The van der Waals surface area contributed by atoms with Gasteiger partial charge in [0.2, 0.25) is 0 Å². The van der Waals surface area contributed by atoms with Gasteiger partial charge in [0.05, 0.1) is 12.2 Å². The smallest absolute Gasteiger partial charge is 0.182 e. The molecule has 3 heterocycles. The van der Waals surface area contributed by atoms with Crippen LogP contribution in [0.2, 0.25) is 5.02 Å². The second-order valence-electron chi connectivity index (χ2n) is 5.70. The number of nitrogens with zero attached hydrogens (tertiary/aromatic N) is 5. The van der Waals surface area contributed by atoms with E-state index < -0.39 is 0 Å². The lowest BCUT2D eigenvalue weighted by Gasteiger charge is -2.09. The number of aromatic amines is 1. The fraction of sp³-hybridized carbons (Fsp3) is 0.176. The molecule has 4 rings (SSSR count). The van der Waals surface area contributed by atoms with Gasteiger partial charge >= 0.3 is 0 Å². The number of hydrogen-bond donors (Lipinski definition) is 1. The van der Waals surface area contributed by atoms with Gasteiger partial charge in [-0.05, 0) is 43.7 Å². The highest BCUT2D eigenvalue weighted by Gasteiger charge is 2.14. The Morgan fingerprint density at radius 1 is 1.04 bits per heavy atom. The minimum Gasteiger partial charge on any atom is -0.305 e. The lowest BCUT2D eigenvalue weighted by atomic mass is 10.2. The molecule has 1 N–H and O–H groups in total. The maximum atomic E-state index is 5.96. The monoisotopic (exact) mass is 338 g/mol.